The number of quaternary nitrogens is 1. The molecule has 9 nitrogen and oxygen atoms in total. The number of hydrogen-bond acceptors (Lipinski definition) is 6. The van der Waals surface area contributed by atoms with Crippen LogP contribution in [-0.2, 0) is 11.3 Å². The van der Waals surface area contributed by atoms with Crippen molar-refractivity contribution in [2.45, 2.75) is 32.9 Å². The Morgan fingerprint density at radius 1 is 1.38 bits per heavy atom. The van der Waals surface area contributed by atoms with Gasteiger partial charge in [0, 0.05) is 7.05 Å². The van der Waals surface area contributed by atoms with E-state index in [1.165, 1.54) is 13.3 Å². The van der Waals surface area contributed by atoms with E-state index in [2.05, 4.69) is 20.8 Å². The first-order valence-corrected chi connectivity index (χ1v) is 7.78. The number of aromatic nitrogens is 2. The van der Waals surface area contributed by atoms with E-state index >= 15 is 0 Å². The van der Waals surface area contributed by atoms with Gasteiger partial charge in [0.05, 0.1) is 12.8 Å². The molecule has 3 amide bonds. The minimum absolute atomic E-state index is 0.299. The number of nitrogens with one attached hydrogen (secondary N) is 3. The van der Waals surface area contributed by atoms with E-state index in [1.54, 1.807) is 19.1 Å². The van der Waals surface area contributed by atoms with Crippen molar-refractivity contribution in [3.63, 3.8) is 0 Å². The first kappa shape index (κ1) is 17.7. The van der Waals surface area contributed by atoms with Gasteiger partial charge in [0.25, 0.3) is 17.7 Å². The monoisotopic (exact) mass is 336 g/mol. The van der Waals surface area contributed by atoms with Gasteiger partial charge in [-0.15, -0.1) is 10.2 Å². The summed E-state index contributed by atoms with van der Waals surface area (Å²) in [7, 11) is 1.46. The molecule has 0 aliphatic carbocycles. The second-order valence-electron chi connectivity index (χ2n) is 5.35. The van der Waals surface area contributed by atoms with E-state index in [0.29, 0.717) is 24.1 Å². The SMILES string of the molecule is CCC[NH+](Cc1nnc(-c2ccco2)o1)[C@@H](C)C(=O)NC(=O)NC. The zero-order valence-corrected chi connectivity index (χ0v) is 14.0. The first-order chi connectivity index (χ1) is 11.5. The van der Waals surface area contributed by atoms with Crippen molar-refractivity contribution < 1.29 is 23.3 Å². The number of urea groups is 1. The fraction of sp³-hybridized carbons (Fsp3) is 0.467. The Balaban J connectivity index is 2.05. The average molecular weight is 336 g/mol. The quantitative estimate of drug-likeness (QED) is 0.654. The van der Waals surface area contributed by atoms with Gasteiger partial charge in [0.2, 0.25) is 0 Å². The van der Waals surface area contributed by atoms with Crippen molar-refractivity contribution in [2.24, 2.45) is 0 Å². The van der Waals surface area contributed by atoms with E-state index in [-0.39, 0.29) is 5.91 Å². The summed E-state index contributed by atoms with van der Waals surface area (Å²) >= 11 is 0. The molecule has 130 valence electrons. The maximum absolute atomic E-state index is 12.1. The van der Waals surface area contributed by atoms with Crippen LogP contribution in [0.25, 0.3) is 11.7 Å². The molecule has 2 aromatic rings. The van der Waals surface area contributed by atoms with Gasteiger partial charge in [-0.25, -0.2) is 4.79 Å². The number of imide groups is 1. The maximum atomic E-state index is 12.1. The normalized spacial score (nSPS) is 13.3. The van der Waals surface area contributed by atoms with Crippen molar-refractivity contribution >= 4 is 11.9 Å². The Morgan fingerprint density at radius 2 is 2.17 bits per heavy atom. The van der Waals surface area contributed by atoms with Crippen molar-refractivity contribution in [1.82, 2.24) is 20.8 Å². The predicted octanol–water partition coefficient (Wildman–Crippen LogP) is -0.0314. The smallest absolute Gasteiger partial charge is 0.321 e. The highest BCUT2D eigenvalue weighted by molar-refractivity contribution is 5.96. The van der Waals surface area contributed by atoms with Gasteiger partial charge in [-0.05, 0) is 25.5 Å². The van der Waals surface area contributed by atoms with Crippen LogP contribution in [0.2, 0.25) is 0 Å². The Labute approximate surface area is 139 Å². The highest BCUT2D eigenvalue weighted by Crippen LogP contribution is 2.17. The molecule has 0 saturated heterocycles. The number of rotatable bonds is 7. The fourth-order valence-electron chi connectivity index (χ4n) is 2.27. The molecule has 2 heterocycles. The van der Waals surface area contributed by atoms with Crippen molar-refractivity contribution in [3.8, 4) is 11.7 Å². The molecule has 1 unspecified atom stereocenters. The fourth-order valence-corrected chi connectivity index (χ4v) is 2.27. The van der Waals surface area contributed by atoms with Crippen molar-refractivity contribution in [1.29, 1.82) is 0 Å². The van der Waals surface area contributed by atoms with E-state index in [1.807, 2.05) is 6.92 Å². The summed E-state index contributed by atoms with van der Waals surface area (Å²) in [6, 6.07) is 2.49. The van der Waals surface area contributed by atoms with E-state index < -0.39 is 12.1 Å². The van der Waals surface area contributed by atoms with Gasteiger partial charge < -0.3 is 19.1 Å². The summed E-state index contributed by atoms with van der Waals surface area (Å²) in [5.41, 5.74) is 0. The summed E-state index contributed by atoms with van der Waals surface area (Å²) in [6.07, 6.45) is 2.39. The highest BCUT2D eigenvalue weighted by atomic mass is 16.4. The Hall–Kier alpha value is -2.68. The second kappa shape index (κ2) is 8.25. The molecule has 0 saturated carbocycles. The van der Waals surface area contributed by atoms with E-state index in [4.69, 9.17) is 8.83 Å². The van der Waals surface area contributed by atoms with Gasteiger partial charge in [-0.1, -0.05) is 6.92 Å². The Bertz CT molecular complexity index is 667. The van der Waals surface area contributed by atoms with Gasteiger partial charge in [0.1, 0.15) is 0 Å². The minimum Gasteiger partial charge on any atom is -0.459 e. The molecule has 0 fully saturated rings. The lowest BCUT2D eigenvalue weighted by Crippen LogP contribution is -3.15. The number of carbonyl (C=O) groups is 2. The molecule has 3 N–H and O–H groups in total. The summed E-state index contributed by atoms with van der Waals surface area (Å²) in [5.74, 6) is 0.845. The summed E-state index contributed by atoms with van der Waals surface area (Å²) in [6.45, 7) is 4.88. The van der Waals surface area contributed by atoms with E-state index in [9.17, 15) is 9.59 Å². The predicted molar refractivity (Wildman–Crippen MR) is 83.9 cm³/mol. The lowest BCUT2D eigenvalue weighted by molar-refractivity contribution is -0.929. The molecule has 0 bridgehead atoms. The zero-order valence-electron chi connectivity index (χ0n) is 14.0. The maximum Gasteiger partial charge on any atom is 0.321 e. The van der Waals surface area contributed by atoms with Crippen LogP contribution in [0.15, 0.2) is 27.2 Å². The molecular weight excluding hydrogens is 314 g/mol. The van der Waals surface area contributed by atoms with Crippen LogP contribution in [0.1, 0.15) is 26.2 Å². The van der Waals surface area contributed by atoms with Crippen molar-refractivity contribution in [3.05, 3.63) is 24.3 Å². The molecule has 0 spiro atoms. The molecule has 0 aromatic carbocycles. The molecular formula is C15H22N5O4+. The summed E-state index contributed by atoms with van der Waals surface area (Å²) < 4.78 is 10.8. The summed E-state index contributed by atoms with van der Waals surface area (Å²) in [4.78, 5) is 24.4. The number of furan rings is 1. The number of carbonyl (C=O) groups excluding carboxylic acids is 2. The van der Waals surface area contributed by atoms with E-state index in [0.717, 1.165) is 17.9 Å². The van der Waals surface area contributed by atoms with Crippen LogP contribution >= 0.6 is 0 Å². The van der Waals surface area contributed by atoms with Crippen LogP contribution in [-0.4, -0.2) is 41.8 Å². The lowest BCUT2D eigenvalue weighted by atomic mass is 10.2. The molecule has 0 aliphatic heterocycles. The zero-order chi connectivity index (χ0) is 17.5. The largest absolute Gasteiger partial charge is 0.459 e. The lowest BCUT2D eigenvalue weighted by Gasteiger charge is -2.23. The van der Waals surface area contributed by atoms with Gasteiger partial charge >= 0.3 is 6.03 Å². The minimum atomic E-state index is -0.527. The van der Waals surface area contributed by atoms with Gasteiger partial charge in [-0.2, -0.15) is 0 Å². The topological polar surface area (TPSA) is 115 Å². The Morgan fingerprint density at radius 3 is 2.79 bits per heavy atom. The number of amides is 3. The number of nitrogens with zero attached hydrogens (tertiary/aromatic N) is 2. The summed E-state index contributed by atoms with van der Waals surface area (Å²) in [5, 5.41) is 12.6. The van der Waals surface area contributed by atoms with Gasteiger partial charge in [0.15, 0.2) is 18.3 Å². The van der Waals surface area contributed by atoms with Gasteiger partial charge in [-0.3, -0.25) is 10.1 Å². The molecule has 24 heavy (non-hydrogen) atoms. The first-order valence-electron chi connectivity index (χ1n) is 7.78. The second-order valence-corrected chi connectivity index (χ2v) is 5.35. The molecule has 2 aromatic heterocycles. The third-order valence-corrected chi connectivity index (χ3v) is 3.62. The molecule has 0 aliphatic rings. The Kier molecular flexibility index (Phi) is 6.07. The van der Waals surface area contributed by atoms with Crippen LogP contribution in [0.4, 0.5) is 4.79 Å². The third-order valence-electron chi connectivity index (χ3n) is 3.62. The molecule has 2 atom stereocenters. The molecule has 0 radical (unpaired) electrons. The highest BCUT2D eigenvalue weighted by Gasteiger charge is 2.28. The molecule has 9 heteroatoms. The standard InChI is InChI=1S/C15H21N5O4/c1-4-7-20(10(2)13(21)17-15(22)16-3)9-12-18-19-14(24-12)11-6-5-8-23-11/h5-6,8,10H,4,7,9H2,1-3H3,(H2,16,17,21,22)/p+1/t10-/m0/s1. The van der Waals surface area contributed by atoms with Crippen LogP contribution in [0.5, 0.6) is 0 Å². The van der Waals surface area contributed by atoms with Crippen LogP contribution in [0.3, 0.4) is 0 Å². The number of hydrogen-bond donors (Lipinski definition) is 3. The molecule has 2 rings (SSSR count). The van der Waals surface area contributed by atoms with Crippen LogP contribution in [0, 0.1) is 0 Å². The van der Waals surface area contributed by atoms with Crippen molar-refractivity contribution in [2.75, 3.05) is 13.6 Å². The average Bonchev–Trinajstić information content (AvgIpc) is 3.24. The third kappa shape index (κ3) is 4.42. The van der Waals surface area contributed by atoms with Crippen LogP contribution < -0.4 is 15.5 Å².